The lowest BCUT2D eigenvalue weighted by Crippen LogP contribution is -2.35. The highest BCUT2D eigenvalue weighted by atomic mass is 32.2. The molecule has 8 nitrogen and oxygen atoms in total. The molecule has 1 aliphatic heterocycles. The van der Waals surface area contributed by atoms with Gasteiger partial charge in [-0.25, -0.2) is 8.42 Å². The molecular weight excluding hydrogens is 530 g/mol. The van der Waals surface area contributed by atoms with Crippen molar-refractivity contribution in [2.75, 3.05) is 20.2 Å². The van der Waals surface area contributed by atoms with E-state index in [1.165, 1.54) is 23.5 Å². The van der Waals surface area contributed by atoms with Crippen molar-refractivity contribution in [3.8, 4) is 28.6 Å². The average Bonchev–Trinajstić information content (AvgIpc) is 2.92. The molecule has 0 aliphatic carbocycles. The summed E-state index contributed by atoms with van der Waals surface area (Å²) < 4.78 is 39.5. The zero-order valence-electron chi connectivity index (χ0n) is 23.7. The van der Waals surface area contributed by atoms with Gasteiger partial charge in [0.1, 0.15) is 22.5 Å². The van der Waals surface area contributed by atoms with E-state index in [0.29, 0.717) is 24.2 Å². The van der Waals surface area contributed by atoms with Crippen LogP contribution < -0.4 is 10.2 Å². The third kappa shape index (κ3) is 5.67. The number of hydrogen-bond donors (Lipinski definition) is 2. The molecule has 0 bridgehead atoms. The highest BCUT2D eigenvalue weighted by Crippen LogP contribution is 2.43. The number of ether oxygens (including phenoxy) is 1. The molecule has 2 heterocycles. The van der Waals surface area contributed by atoms with Gasteiger partial charge in [0.15, 0.2) is 5.76 Å². The summed E-state index contributed by atoms with van der Waals surface area (Å²) in [7, 11) is -2.30. The monoisotopic (exact) mass is 567 g/mol. The summed E-state index contributed by atoms with van der Waals surface area (Å²) in [6, 6.07) is 6.12. The molecule has 0 radical (unpaired) electrons. The molecular formula is C31H37NO7S. The Hall–Kier alpha value is -3.56. The third-order valence-corrected chi connectivity index (χ3v) is 9.05. The van der Waals surface area contributed by atoms with Crippen LogP contribution in [0.1, 0.15) is 58.1 Å². The Bertz CT molecular complexity index is 1630. The van der Waals surface area contributed by atoms with E-state index in [1.54, 1.807) is 12.1 Å². The number of phenols is 2. The Morgan fingerprint density at radius 2 is 1.50 bits per heavy atom. The standard InChI is InChI=1S/C31H37NO7S/c1-19(2)9-15-23-26(33)24(16-10-20(3)4)30-25(27(23)34)28(35)31(38-5)29(39-30)21-11-13-22(14-12-21)40(36,37)32-17-7-6-8-18-32/h9-14,33-34H,6-8,15-18H2,1-5H3. The second kappa shape index (κ2) is 11.9. The van der Waals surface area contributed by atoms with Crippen molar-refractivity contribution in [3.63, 3.8) is 0 Å². The van der Waals surface area contributed by atoms with E-state index in [0.717, 1.165) is 30.4 Å². The summed E-state index contributed by atoms with van der Waals surface area (Å²) in [5.74, 6) is -0.535. The zero-order valence-corrected chi connectivity index (χ0v) is 24.5. The molecule has 0 spiro atoms. The topological polar surface area (TPSA) is 117 Å². The largest absolute Gasteiger partial charge is 0.507 e. The lowest BCUT2D eigenvalue weighted by Gasteiger charge is -2.25. The number of benzene rings is 2. The van der Waals surface area contributed by atoms with E-state index in [4.69, 9.17) is 9.15 Å². The van der Waals surface area contributed by atoms with Crippen LogP contribution in [0.3, 0.4) is 0 Å². The van der Waals surface area contributed by atoms with Crippen LogP contribution in [0.25, 0.3) is 22.3 Å². The number of nitrogens with zero attached hydrogens (tertiary/aromatic N) is 1. The molecule has 1 aliphatic rings. The van der Waals surface area contributed by atoms with Crippen molar-refractivity contribution in [1.82, 2.24) is 4.31 Å². The summed E-state index contributed by atoms with van der Waals surface area (Å²) in [4.78, 5) is 13.9. The van der Waals surface area contributed by atoms with Crippen LogP contribution in [0.2, 0.25) is 0 Å². The maximum Gasteiger partial charge on any atom is 0.243 e. The first kappa shape index (κ1) is 29.4. The highest BCUT2D eigenvalue weighted by molar-refractivity contribution is 7.89. The maximum absolute atomic E-state index is 13.7. The second-order valence-corrected chi connectivity index (χ2v) is 12.6. The van der Waals surface area contributed by atoms with Gasteiger partial charge in [-0.1, -0.05) is 29.7 Å². The maximum atomic E-state index is 13.7. The Kier molecular flexibility index (Phi) is 8.75. The molecule has 0 unspecified atom stereocenters. The molecule has 1 fully saturated rings. The van der Waals surface area contributed by atoms with Crippen LogP contribution in [0.5, 0.6) is 17.2 Å². The summed E-state index contributed by atoms with van der Waals surface area (Å²) in [6.07, 6.45) is 6.95. The molecule has 9 heteroatoms. The number of aromatic hydroxyl groups is 2. The normalized spacial score (nSPS) is 14.2. The molecule has 40 heavy (non-hydrogen) atoms. The number of methoxy groups -OCH3 is 1. The van der Waals surface area contributed by atoms with Gasteiger partial charge in [-0.05, 0) is 77.6 Å². The molecule has 1 aromatic heterocycles. The van der Waals surface area contributed by atoms with Crippen molar-refractivity contribution in [2.45, 2.75) is 64.7 Å². The van der Waals surface area contributed by atoms with E-state index < -0.39 is 15.5 Å². The highest BCUT2D eigenvalue weighted by Gasteiger charge is 2.28. The minimum absolute atomic E-state index is 0.0549. The van der Waals surface area contributed by atoms with Gasteiger partial charge in [0.2, 0.25) is 21.2 Å². The number of piperidine rings is 1. The lowest BCUT2D eigenvalue weighted by atomic mass is 9.96. The van der Waals surface area contributed by atoms with Gasteiger partial charge < -0.3 is 19.4 Å². The third-order valence-electron chi connectivity index (χ3n) is 7.14. The van der Waals surface area contributed by atoms with E-state index in [9.17, 15) is 23.4 Å². The van der Waals surface area contributed by atoms with Crippen LogP contribution in [0.4, 0.5) is 0 Å². The molecule has 2 N–H and O–H groups in total. The van der Waals surface area contributed by atoms with E-state index in [-0.39, 0.29) is 57.3 Å². The quantitative estimate of drug-likeness (QED) is 0.317. The van der Waals surface area contributed by atoms with Crippen LogP contribution in [0, 0.1) is 0 Å². The van der Waals surface area contributed by atoms with Crippen molar-refractivity contribution in [1.29, 1.82) is 0 Å². The molecule has 0 atom stereocenters. The van der Waals surface area contributed by atoms with Crippen LogP contribution in [-0.2, 0) is 22.9 Å². The van der Waals surface area contributed by atoms with Crippen LogP contribution in [-0.4, -0.2) is 43.1 Å². The first-order valence-electron chi connectivity index (χ1n) is 13.4. The molecule has 3 aromatic rings. The Morgan fingerprint density at radius 3 is 2.05 bits per heavy atom. The number of phenolic OH excluding ortho intramolecular Hbond substituents is 2. The minimum Gasteiger partial charge on any atom is -0.507 e. The van der Waals surface area contributed by atoms with Crippen molar-refractivity contribution >= 4 is 21.0 Å². The lowest BCUT2D eigenvalue weighted by molar-refractivity contribution is 0.346. The fourth-order valence-electron chi connectivity index (χ4n) is 4.90. The van der Waals surface area contributed by atoms with Gasteiger partial charge in [-0.2, -0.15) is 4.31 Å². The Morgan fingerprint density at radius 1 is 0.925 bits per heavy atom. The summed E-state index contributed by atoms with van der Waals surface area (Å²) in [6.45, 7) is 8.66. The molecule has 1 saturated heterocycles. The van der Waals surface area contributed by atoms with Crippen molar-refractivity contribution < 1.29 is 27.8 Å². The van der Waals surface area contributed by atoms with E-state index in [2.05, 4.69) is 0 Å². The molecule has 2 aromatic carbocycles. The average molecular weight is 568 g/mol. The molecule has 4 rings (SSSR count). The van der Waals surface area contributed by atoms with Gasteiger partial charge in [-0.3, -0.25) is 4.79 Å². The molecule has 0 amide bonds. The first-order valence-corrected chi connectivity index (χ1v) is 14.9. The smallest absolute Gasteiger partial charge is 0.243 e. The zero-order chi connectivity index (χ0) is 29.2. The van der Waals surface area contributed by atoms with Gasteiger partial charge in [0.05, 0.1) is 12.0 Å². The number of allylic oxidation sites excluding steroid dienone is 4. The van der Waals surface area contributed by atoms with Gasteiger partial charge in [0, 0.05) is 29.8 Å². The summed E-state index contributed by atoms with van der Waals surface area (Å²) in [5.41, 5.74) is 2.51. The Balaban J connectivity index is 1.92. The van der Waals surface area contributed by atoms with E-state index >= 15 is 0 Å². The van der Waals surface area contributed by atoms with Crippen molar-refractivity contribution in [2.24, 2.45) is 0 Å². The fraction of sp³-hybridized carbons (Fsp3) is 0.387. The minimum atomic E-state index is -3.64. The molecule has 214 valence electrons. The van der Waals surface area contributed by atoms with Crippen molar-refractivity contribution in [3.05, 3.63) is 68.9 Å². The summed E-state index contributed by atoms with van der Waals surface area (Å²) >= 11 is 0. The van der Waals surface area contributed by atoms with Gasteiger partial charge >= 0.3 is 0 Å². The number of hydrogen-bond acceptors (Lipinski definition) is 7. The fourth-order valence-corrected chi connectivity index (χ4v) is 6.42. The number of fused-ring (bicyclic) bond motifs is 1. The predicted molar refractivity (Wildman–Crippen MR) is 157 cm³/mol. The number of sulfonamides is 1. The summed E-state index contributed by atoms with van der Waals surface area (Å²) in [5, 5.41) is 22.3. The first-order chi connectivity index (χ1) is 19.0. The second-order valence-electron chi connectivity index (χ2n) is 10.6. The van der Waals surface area contributed by atoms with E-state index in [1.807, 2.05) is 39.8 Å². The Labute approximate surface area is 235 Å². The molecule has 0 saturated carbocycles. The predicted octanol–water partition coefficient (Wildman–Crippen LogP) is 6.07. The van der Waals surface area contributed by atoms with Gasteiger partial charge in [-0.15, -0.1) is 0 Å². The van der Waals surface area contributed by atoms with Crippen LogP contribution in [0.15, 0.2) is 61.7 Å². The number of rotatable bonds is 8. The SMILES string of the molecule is COc1c(-c2ccc(S(=O)(=O)N3CCCCC3)cc2)oc2c(CC=C(C)C)c(O)c(CC=C(C)C)c(O)c2c1=O. The van der Waals surface area contributed by atoms with Crippen LogP contribution >= 0.6 is 0 Å². The van der Waals surface area contributed by atoms with Gasteiger partial charge in [0.25, 0.3) is 0 Å².